The van der Waals surface area contributed by atoms with Gasteiger partial charge in [0, 0.05) is 10.6 Å². The molecule has 2 rings (SSSR count). The van der Waals surface area contributed by atoms with Crippen LogP contribution in [0, 0.1) is 0 Å². The second-order valence-corrected chi connectivity index (χ2v) is 5.02. The summed E-state index contributed by atoms with van der Waals surface area (Å²) in [7, 11) is 0. The lowest BCUT2D eigenvalue weighted by molar-refractivity contribution is 0.220. The number of halogens is 1. The number of aliphatic hydroxyl groups excluding tert-OH is 1. The van der Waals surface area contributed by atoms with Crippen LogP contribution in [0.15, 0.2) is 42.5 Å². The third-order valence-corrected chi connectivity index (χ3v) is 3.61. The minimum atomic E-state index is -0.718. The van der Waals surface area contributed by atoms with Gasteiger partial charge in [0.25, 0.3) is 0 Å². The molecule has 0 heterocycles. The van der Waals surface area contributed by atoms with Crippen molar-refractivity contribution in [3.05, 3.63) is 64.2 Å². The van der Waals surface area contributed by atoms with Gasteiger partial charge in [-0.2, -0.15) is 0 Å². The highest BCUT2D eigenvalue weighted by molar-refractivity contribution is 6.31. The maximum Gasteiger partial charge on any atom is 0.119 e. The van der Waals surface area contributed by atoms with E-state index in [0.29, 0.717) is 11.6 Å². The highest BCUT2D eigenvalue weighted by Gasteiger charge is 2.14. The first-order valence-electron chi connectivity index (χ1n) is 6.84. The molecule has 20 heavy (non-hydrogen) atoms. The maximum atomic E-state index is 10.5. The minimum Gasteiger partial charge on any atom is -0.494 e. The smallest absolute Gasteiger partial charge is 0.119 e. The molecule has 0 saturated heterocycles. The second-order valence-electron chi connectivity index (χ2n) is 4.61. The molecule has 0 aliphatic heterocycles. The van der Waals surface area contributed by atoms with Crippen molar-refractivity contribution >= 4 is 11.6 Å². The molecule has 0 aromatic heterocycles. The first kappa shape index (κ1) is 14.9. The zero-order valence-electron chi connectivity index (χ0n) is 11.8. The Hall–Kier alpha value is -1.51. The molecule has 0 amide bonds. The Kier molecular flexibility index (Phi) is 5.05. The maximum absolute atomic E-state index is 10.5. The van der Waals surface area contributed by atoms with Crippen molar-refractivity contribution in [3.63, 3.8) is 0 Å². The average Bonchev–Trinajstić information content (AvgIpc) is 2.48. The van der Waals surface area contributed by atoms with Crippen molar-refractivity contribution in [2.24, 2.45) is 0 Å². The van der Waals surface area contributed by atoms with Crippen LogP contribution in [0.1, 0.15) is 36.6 Å². The summed E-state index contributed by atoms with van der Waals surface area (Å²) in [5, 5.41) is 11.1. The molecule has 0 aliphatic rings. The summed E-state index contributed by atoms with van der Waals surface area (Å²) in [5.74, 6) is 0.803. The minimum absolute atomic E-state index is 0.587. The van der Waals surface area contributed by atoms with Gasteiger partial charge < -0.3 is 9.84 Å². The van der Waals surface area contributed by atoms with Gasteiger partial charge in [-0.15, -0.1) is 0 Å². The SMILES string of the molecule is CCOc1ccc(C(O)c2cc(CC)ccc2Cl)cc1. The van der Waals surface area contributed by atoms with Gasteiger partial charge in [0.2, 0.25) is 0 Å². The summed E-state index contributed by atoms with van der Waals surface area (Å²) in [4.78, 5) is 0. The van der Waals surface area contributed by atoms with E-state index in [4.69, 9.17) is 16.3 Å². The van der Waals surface area contributed by atoms with Crippen LogP contribution >= 0.6 is 11.6 Å². The molecular weight excluding hydrogens is 272 g/mol. The van der Waals surface area contributed by atoms with Gasteiger partial charge in [0.1, 0.15) is 11.9 Å². The van der Waals surface area contributed by atoms with Crippen molar-refractivity contribution in [3.8, 4) is 5.75 Å². The van der Waals surface area contributed by atoms with Crippen LogP contribution in [0.25, 0.3) is 0 Å². The van der Waals surface area contributed by atoms with E-state index >= 15 is 0 Å². The fourth-order valence-corrected chi connectivity index (χ4v) is 2.34. The van der Waals surface area contributed by atoms with Crippen LogP contribution in [-0.4, -0.2) is 11.7 Å². The summed E-state index contributed by atoms with van der Waals surface area (Å²) in [6.07, 6.45) is 0.199. The van der Waals surface area contributed by atoms with Crippen LogP contribution in [0.2, 0.25) is 5.02 Å². The van der Waals surface area contributed by atoms with Crippen LogP contribution in [0.3, 0.4) is 0 Å². The zero-order valence-corrected chi connectivity index (χ0v) is 12.5. The van der Waals surface area contributed by atoms with Gasteiger partial charge in [0.05, 0.1) is 6.61 Å². The second kappa shape index (κ2) is 6.78. The molecule has 2 nitrogen and oxygen atoms in total. The van der Waals surface area contributed by atoms with Gasteiger partial charge in [0.15, 0.2) is 0 Å². The lowest BCUT2D eigenvalue weighted by Gasteiger charge is -2.15. The Morgan fingerprint density at radius 3 is 2.40 bits per heavy atom. The molecule has 0 spiro atoms. The average molecular weight is 291 g/mol. The first-order valence-corrected chi connectivity index (χ1v) is 7.22. The van der Waals surface area contributed by atoms with Crippen molar-refractivity contribution in [2.75, 3.05) is 6.61 Å². The Labute approximate surface area is 125 Å². The fourth-order valence-electron chi connectivity index (χ4n) is 2.12. The molecule has 2 aromatic carbocycles. The van der Waals surface area contributed by atoms with Crippen LogP contribution < -0.4 is 4.74 Å². The molecule has 0 radical (unpaired) electrons. The number of ether oxygens (including phenoxy) is 1. The highest BCUT2D eigenvalue weighted by Crippen LogP contribution is 2.30. The summed E-state index contributed by atoms with van der Waals surface area (Å²) < 4.78 is 5.40. The van der Waals surface area contributed by atoms with E-state index in [0.717, 1.165) is 28.9 Å². The molecule has 3 heteroatoms. The summed E-state index contributed by atoms with van der Waals surface area (Å²) in [5.41, 5.74) is 2.72. The van der Waals surface area contributed by atoms with Crippen LogP contribution in [0.4, 0.5) is 0 Å². The molecule has 0 saturated carbocycles. The van der Waals surface area contributed by atoms with Gasteiger partial charge in [-0.3, -0.25) is 0 Å². The van der Waals surface area contributed by atoms with Crippen LogP contribution in [0.5, 0.6) is 5.75 Å². The van der Waals surface area contributed by atoms with Gasteiger partial charge >= 0.3 is 0 Å². The number of aliphatic hydroxyl groups is 1. The molecule has 0 fully saturated rings. The normalized spacial score (nSPS) is 12.2. The first-order chi connectivity index (χ1) is 9.65. The highest BCUT2D eigenvalue weighted by atomic mass is 35.5. The number of hydrogen-bond acceptors (Lipinski definition) is 2. The van der Waals surface area contributed by atoms with Gasteiger partial charge in [-0.1, -0.05) is 42.8 Å². The summed E-state index contributed by atoms with van der Waals surface area (Å²) >= 11 is 6.19. The number of aryl methyl sites for hydroxylation is 1. The summed E-state index contributed by atoms with van der Waals surface area (Å²) in [6, 6.07) is 13.2. The number of hydrogen-bond donors (Lipinski definition) is 1. The van der Waals surface area contributed by atoms with Crippen molar-refractivity contribution in [1.29, 1.82) is 0 Å². The molecule has 1 atom stereocenters. The predicted octanol–water partition coefficient (Wildman–Crippen LogP) is 4.38. The molecular formula is C17H19ClO2. The third kappa shape index (κ3) is 3.33. The third-order valence-electron chi connectivity index (χ3n) is 3.27. The largest absolute Gasteiger partial charge is 0.494 e. The van der Waals surface area contributed by atoms with Crippen LogP contribution in [-0.2, 0) is 6.42 Å². The van der Waals surface area contributed by atoms with Crippen molar-refractivity contribution < 1.29 is 9.84 Å². The Balaban J connectivity index is 2.28. The van der Waals surface area contributed by atoms with Gasteiger partial charge in [-0.25, -0.2) is 0 Å². The lowest BCUT2D eigenvalue weighted by atomic mass is 9.99. The topological polar surface area (TPSA) is 29.5 Å². The van der Waals surface area contributed by atoms with Crippen molar-refractivity contribution in [2.45, 2.75) is 26.4 Å². The standard InChI is InChI=1S/C17H19ClO2/c1-3-12-5-10-16(18)15(11-12)17(19)13-6-8-14(9-7-13)20-4-2/h5-11,17,19H,3-4H2,1-2H3. The Morgan fingerprint density at radius 1 is 1.10 bits per heavy atom. The van der Waals surface area contributed by atoms with Gasteiger partial charge in [-0.05, 0) is 42.7 Å². The molecule has 106 valence electrons. The molecule has 0 bridgehead atoms. The van der Waals surface area contributed by atoms with E-state index in [2.05, 4.69) is 6.92 Å². The fraction of sp³-hybridized carbons (Fsp3) is 0.294. The quantitative estimate of drug-likeness (QED) is 0.885. The zero-order chi connectivity index (χ0) is 14.5. The number of benzene rings is 2. The van der Waals surface area contributed by atoms with E-state index in [9.17, 15) is 5.11 Å². The molecule has 1 unspecified atom stereocenters. The molecule has 2 aromatic rings. The summed E-state index contributed by atoms with van der Waals surface area (Å²) in [6.45, 7) is 4.65. The Morgan fingerprint density at radius 2 is 1.80 bits per heavy atom. The van der Waals surface area contributed by atoms with Crippen molar-refractivity contribution in [1.82, 2.24) is 0 Å². The van der Waals surface area contributed by atoms with E-state index in [-0.39, 0.29) is 0 Å². The predicted molar refractivity (Wildman–Crippen MR) is 82.5 cm³/mol. The van der Waals surface area contributed by atoms with E-state index < -0.39 is 6.10 Å². The molecule has 0 aliphatic carbocycles. The monoisotopic (exact) mass is 290 g/mol. The molecule has 1 N–H and O–H groups in total. The lowest BCUT2D eigenvalue weighted by Crippen LogP contribution is -2.02. The Bertz CT molecular complexity index is 564. The van der Waals surface area contributed by atoms with E-state index in [1.807, 2.05) is 49.4 Å². The number of rotatable bonds is 5. The van der Waals surface area contributed by atoms with E-state index in [1.54, 1.807) is 0 Å². The van der Waals surface area contributed by atoms with E-state index in [1.165, 1.54) is 0 Å².